The van der Waals surface area contributed by atoms with Crippen molar-refractivity contribution < 1.29 is 21.6 Å². The molecule has 0 bridgehead atoms. The van der Waals surface area contributed by atoms with E-state index in [0.29, 0.717) is 37.3 Å². The molecule has 1 heterocycles. The summed E-state index contributed by atoms with van der Waals surface area (Å²) in [5, 5.41) is 3.09. The van der Waals surface area contributed by atoms with Crippen molar-refractivity contribution in [3.05, 3.63) is 54.1 Å². The number of alkyl halides is 3. The average Bonchev–Trinajstić information content (AvgIpc) is 2.62. The monoisotopic (exact) mass is 370 g/mol. The van der Waals surface area contributed by atoms with Gasteiger partial charge in [0.1, 0.15) is 0 Å². The Bertz CT molecular complexity index is 843. The minimum absolute atomic E-state index is 0.144. The number of benzene rings is 2. The molecule has 1 aliphatic rings. The molecular formula is C17H17F3N2O2S. The number of nitrogens with zero attached hydrogens (tertiary/aromatic N) is 1. The van der Waals surface area contributed by atoms with Gasteiger partial charge in [0.15, 0.2) is 0 Å². The van der Waals surface area contributed by atoms with Gasteiger partial charge in [0, 0.05) is 26.2 Å². The molecule has 1 aliphatic heterocycles. The highest BCUT2D eigenvalue weighted by molar-refractivity contribution is 7.89. The van der Waals surface area contributed by atoms with Crippen LogP contribution < -0.4 is 5.32 Å². The van der Waals surface area contributed by atoms with Crippen LogP contribution in [-0.2, 0) is 16.2 Å². The lowest BCUT2D eigenvalue weighted by Crippen LogP contribution is -2.46. The van der Waals surface area contributed by atoms with Gasteiger partial charge in [0.25, 0.3) is 0 Å². The van der Waals surface area contributed by atoms with Crippen LogP contribution in [0, 0.1) is 0 Å². The molecule has 3 rings (SSSR count). The number of halogens is 3. The molecule has 0 amide bonds. The summed E-state index contributed by atoms with van der Waals surface area (Å²) < 4.78 is 65.0. The predicted molar refractivity (Wildman–Crippen MR) is 88.5 cm³/mol. The second kappa shape index (κ2) is 6.78. The first-order valence-electron chi connectivity index (χ1n) is 7.77. The lowest BCUT2D eigenvalue weighted by Gasteiger charge is -2.26. The van der Waals surface area contributed by atoms with Crippen molar-refractivity contribution in [3.63, 3.8) is 0 Å². The van der Waals surface area contributed by atoms with E-state index in [1.54, 1.807) is 6.07 Å². The Morgan fingerprint density at radius 2 is 1.56 bits per heavy atom. The summed E-state index contributed by atoms with van der Waals surface area (Å²) in [7, 11) is -3.58. The van der Waals surface area contributed by atoms with Gasteiger partial charge in [-0.3, -0.25) is 0 Å². The summed E-state index contributed by atoms with van der Waals surface area (Å²) in [6, 6.07) is 10.9. The van der Waals surface area contributed by atoms with Crippen molar-refractivity contribution in [2.75, 3.05) is 26.2 Å². The van der Waals surface area contributed by atoms with Gasteiger partial charge in [-0.1, -0.05) is 24.3 Å². The molecule has 25 heavy (non-hydrogen) atoms. The van der Waals surface area contributed by atoms with Crippen molar-refractivity contribution in [2.24, 2.45) is 0 Å². The molecule has 2 aromatic carbocycles. The Hall–Kier alpha value is -1.90. The zero-order valence-electron chi connectivity index (χ0n) is 13.3. The number of hydrogen-bond donors (Lipinski definition) is 1. The van der Waals surface area contributed by atoms with E-state index >= 15 is 0 Å². The predicted octanol–water partition coefficient (Wildman–Crippen LogP) is 2.97. The molecule has 0 aliphatic carbocycles. The Morgan fingerprint density at radius 1 is 0.920 bits per heavy atom. The minimum Gasteiger partial charge on any atom is -0.314 e. The summed E-state index contributed by atoms with van der Waals surface area (Å²) in [5.41, 5.74) is 0.189. The molecule has 4 nitrogen and oxygen atoms in total. The summed E-state index contributed by atoms with van der Waals surface area (Å²) in [5.74, 6) is 0. The van der Waals surface area contributed by atoms with Crippen LogP contribution in [0.5, 0.6) is 0 Å². The lowest BCUT2D eigenvalue weighted by molar-refractivity contribution is -0.137. The van der Waals surface area contributed by atoms with E-state index in [9.17, 15) is 21.6 Å². The molecule has 0 saturated carbocycles. The van der Waals surface area contributed by atoms with Gasteiger partial charge in [-0.25, -0.2) is 8.42 Å². The van der Waals surface area contributed by atoms with Crippen LogP contribution in [0.2, 0.25) is 0 Å². The number of sulfonamides is 1. The third-order valence-electron chi connectivity index (χ3n) is 4.09. The summed E-state index contributed by atoms with van der Waals surface area (Å²) in [4.78, 5) is 0.144. The van der Waals surface area contributed by atoms with Crippen molar-refractivity contribution in [3.8, 4) is 11.1 Å². The van der Waals surface area contributed by atoms with Gasteiger partial charge in [-0.2, -0.15) is 17.5 Å². The van der Waals surface area contributed by atoms with Crippen molar-refractivity contribution >= 4 is 10.0 Å². The minimum atomic E-state index is -4.42. The molecule has 0 unspecified atom stereocenters. The molecule has 2 aromatic rings. The smallest absolute Gasteiger partial charge is 0.314 e. The second-order valence-electron chi connectivity index (χ2n) is 5.76. The highest BCUT2D eigenvalue weighted by Crippen LogP contribution is 2.32. The van der Waals surface area contributed by atoms with E-state index in [-0.39, 0.29) is 4.90 Å². The van der Waals surface area contributed by atoms with Crippen molar-refractivity contribution in [1.82, 2.24) is 9.62 Å². The highest BCUT2D eigenvalue weighted by Gasteiger charge is 2.30. The molecule has 1 fully saturated rings. The molecular weight excluding hydrogens is 353 g/mol. The summed E-state index contributed by atoms with van der Waals surface area (Å²) >= 11 is 0. The lowest BCUT2D eigenvalue weighted by atomic mass is 10.0. The topological polar surface area (TPSA) is 49.4 Å². The quantitative estimate of drug-likeness (QED) is 0.904. The first-order valence-corrected chi connectivity index (χ1v) is 9.21. The van der Waals surface area contributed by atoms with Gasteiger partial charge in [0.05, 0.1) is 10.5 Å². The third kappa shape index (κ3) is 3.86. The van der Waals surface area contributed by atoms with Crippen LogP contribution in [0.1, 0.15) is 5.56 Å². The standard InChI is InChI=1S/C17H17F3N2O2S/c18-17(19,20)15-3-1-2-14(12-15)13-4-6-16(7-5-13)25(23,24)22-10-8-21-9-11-22/h1-7,12,21H,8-11H2. The van der Waals surface area contributed by atoms with E-state index in [2.05, 4.69) is 5.32 Å². The van der Waals surface area contributed by atoms with E-state index in [4.69, 9.17) is 0 Å². The molecule has 1 N–H and O–H groups in total. The van der Waals surface area contributed by atoms with Gasteiger partial charge in [-0.15, -0.1) is 0 Å². The van der Waals surface area contributed by atoms with Crippen LogP contribution in [0.4, 0.5) is 13.2 Å². The fourth-order valence-electron chi connectivity index (χ4n) is 2.73. The molecule has 0 atom stereocenters. The Kier molecular flexibility index (Phi) is 4.86. The van der Waals surface area contributed by atoms with Gasteiger partial charge < -0.3 is 5.32 Å². The molecule has 134 valence electrons. The van der Waals surface area contributed by atoms with Crippen molar-refractivity contribution in [1.29, 1.82) is 0 Å². The van der Waals surface area contributed by atoms with Crippen LogP contribution in [0.25, 0.3) is 11.1 Å². The molecule has 1 saturated heterocycles. The van der Waals surface area contributed by atoms with Crippen LogP contribution >= 0.6 is 0 Å². The molecule has 0 aromatic heterocycles. The summed E-state index contributed by atoms with van der Waals surface area (Å²) in [6.07, 6.45) is -4.42. The average molecular weight is 370 g/mol. The maximum absolute atomic E-state index is 12.8. The molecule has 8 heteroatoms. The second-order valence-corrected chi connectivity index (χ2v) is 7.69. The molecule has 0 spiro atoms. The number of rotatable bonds is 3. The number of hydrogen-bond acceptors (Lipinski definition) is 3. The van der Waals surface area contributed by atoms with Gasteiger partial charge >= 0.3 is 6.18 Å². The van der Waals surface area contributed by atoms with E-state index in [1.165, 1.54) is 34.6 Å². The Labute approximate surface area is 144 Å². The van der Waals surface area contributed by atoms with Gasteiger partial charge in [-0.05, 0) is 35.4 Å². The number of nitrogens with one attached hydrogen (secondary N) is 1. The normalized spacial score (nSPS) is 16.8. The zero-order valence-corrected chi connectivity index (χ0v) is 14.1. The molecule has 0 radical (unpaired) electrons. The van der Waals surface area contributed by atoms with E-state index < -0.39 is 21.8 Å². The fraction of sp³-hybridized carbons (Fsp3) is 0.294. The van der Waals surface area contributed by atoms with Crippen molar-refractivity contribution in [2.45, 2.75) is 11.1 Å². The SMILES string of the molecule is O=S(=O)(c1ccc(-c2cccc(C(F)(F)F)c2)cc1)N1CCNCC1. The first-order chi connectivity index (χ1) is 11.8. The number of piperazine rings is 1. The van der Waals surface area contributed by atoms with E-state index in [1.807, 2.05) is 0 Å². The highest BCUT2D eigenvalue weighted by atomic mass is 32.2. The van der Waals surface area contributed by atoms with Gasteiger partial charge in [0.2, 0.25) is 10.0 Å². The maximum atomic E-state index is 12.8. The summed E-state index contributed by atoms with van der Waals surface area (Å²) in [6.45, 7) is 2.00. The zero-order chi connectivity index (χ0) is 18.1. The first kappa shape index (κ1) is 17.9. The third-order valence-corrected chi connectivity index (χ3v) is 6.00. The fourth-order valence-corrected chi connectivity index (χ4v) is 4.17. The van der Waals surface area contributed by atoms with E-state index in [0.717, 1.165) is 12.1 Å². The van der Waals surface area contributed by atoms with Crippen LogP contribution in [0.3, 0.4) is 0 Å². The Morgan fingerprint density at radius 3 is 2.16 bits per heavy atom. The largest absolute Gasteiger partial charge is 0.416 e. The van der Waals surface area contributed by atoms with Crippen LogP contribution in [-0.4, -0.2) is 38.9 Å². The maximum Gasteiger partial charge on any atom is 0.416 e. The van der Waals surface area contributed by atoms with Crippen LogP contribution in [0.15, 0.2) is 53.4 Å². The Balaban J connectivity index is 1.88.